The van der Waals surface area contributed by atoms with Crippen molar-refractivity contribution < 1.29 is 9.90 Å². The van der Waals surface area contributed by atoms with Crippen LogP contribution in [0.25, 0.3) is 0 Å². The summed E-state index contributed by atoms with van der Waals surface area (Å²) in [6.07, 6.45) is 9.82. The molecule has 0 aromatic carbocycles. The summed E-state index contributed by atoms with van der Waals surface area (Å²) < 4.78 is 0. The number of fused-ring (bicyclic) bond motifs is 2. The van der Waals surface area contributed by atoms with Crippen molar-refractivity contribution in [1.29, 1.82) is 0 Å². The fourth-order valence-electron chi connectivity index (χ4n) is 2.46. The molecular weight excluding hydrogens is 164 g/mol. The first kappa shape index (κ1) is 8.54. The second kappa shape index (κ2) is 2.72. The van der Waals surface area contributed by atoms with E-state index in [1.54, 1.807) is 6.92 Å². The molecule has 2 aliphatic carbocycles. The molecule has 2 unspecified atom stereocenters. The number of carboxylic acids is 1. The predicted octanol–water partition coefficient (Wildman–Crippen LogP) is 2.37. The van der Waals surface area contributed by atoms with Crippen molar-refractivity contribution >= 4 is 5.97 Å². The van der Waals surface area contributed by atoms with Gasteiger partial charge in [-0.2, -0.15) is 0 Å². The van der Waals surface area contributed by atoms with Crippen LogP contribution in [-0.2, 0) is 4.79 Å². The molecule has 0 heterocycles. The molecule has 0 aromatic rings. The van der Waals surface area contributed by atoms with Gasteiger partial charge in [0.25, 0.3) is 0 Å². The Morgan fingerprint density at radius 3 is 2.85 bits per heavy atom. The molecule has 1 saturated carbocycles. The maximum absolute atomic E-state index is 10.7. The second-order valence-electron chi connectivity index (χ2n) is 4.23. The van der Waals surface area contributed by atoms with Gasteiger partial charge in [-0.15, -0.1) is 0 Å². The maximum Gasteiger partial charge on any atom is 0.330 e. The van der Waals surface area contributed by atoms with Crippen molar-refractivity contribution in [1.82, 2.24) is 0 Å². The summed E-state index contributed by atoms with van der Waals surface area (Å²) in [7, 11) is 0. The highest BCUT2D eigenvalue weighted by Gasteiger charge is 2.39. The lowest BCUT2D eigenvalue weighted by molar-refractivity contribution is -0.132. The molecule has 2 nitrogen and oxygen atoms in total. The lowest BCUT2D eigenvalue weighted by Crippen LogP contribution is -2.10. The van der Waals surface area contributed by atoms with E-state index in [1.807, 2.05) is 6.08 Å². The van der Waals surface area contributed by atoms with E-state index in [0.717, 1.165) is 12.8 Å². The Kier molecular flexibility index (Phi) is 1.79. The van der Waals surface area contributed by atoms with Gasteiger partial charge in [-0.25, -0.2) is 4.79 Å². The molecule has 2 atom stereocenters. The van der Waals surface area contributed by atoms with E-state index >= 15 is 0 Å². The Balaban J connectivity index is 2.22. The molecule has 0 aromatic heterocycles. The third kappa shape index (κ3) is 1.41. The number of aliphatic carboxylic acids is 1. The maximum atomic E-state index is 10.7. The summed E-state index contributed by atoms with van der Waals surface area (Å²) in [6, 6.07) is 0. The normalized spacial score (nSPS) is 37.0. The molecule has 70 valence electrons. The zero-order chi connectivity index (χ0) is 9.47. The molecule has 0 spiro atoms. The van der Waals surface area contributed by atoms with Crippen molar-refractivity contribution in [2.45, 2.75) is 26.2 Å². The van der Waals surface area contributed by atoms with E-state index in [9.17, 15) is 4.79 Å². The van der Waals surface area contributed by atoms with Crippen molar-refractivity contribution in [2.24, 2.45) is 11.3 Å². The van der Waals surface area contributed by atoms with Crippen LogP contribution >= 0.6 is 0 Å². The Hall–Kier alpha value is -1.05. The van der Waals surface area contributed by atoms with Gasteiger partial charge in [0.2, 0.25) is 0 Å². The lowest BCUT2D eigenvalue weighted by Gasteiger charge is -2.18. The van der Waals surface area contributed by atoms with Crippen molar-refractivity contribution in [3.63, 3.8) is 0 Å². The zero-order valence-electron chi connectivity index (χ0n) is 7.79. The molecule has 1 fully saturated rings. The number of rotatable bonds is 2. The molecule has 0 aliphatic heterocycles. The number of allylic oxidation sites excluding steroid dienone is 3. The molecule has 2 aliphatic rings. The minimum Gasteiger partial charge on any atom is -0.478 e. The summed E-state index contributed by atoms with van der Waals surface area (Å²) in [5.74, 6) is -0.0871. The second-order valence-corrected chi connectivity index (χ2v) is 4.23. The Labute approximate surface area is 78.0 Å². The third-order valence-corrected chi connectivity index (χ3v) is 3.16. The highest BCUT2D eigenvalue weighted by Crippen LogP contribution is 2.50. The average molecular weight is 178 g/mol. The van der Waals surface area contributed by atoms with Gasteiger partial charge in [0.15, 0.2) is 0 Å². The quantitative estimate of drug-likeness (QED) is 0.520. The summed E-state index contributed by atoms with van der Waals surface area (Å²) in [5.41, 5.74) is 0.569. The van der Waals surface area contributed by atoms with Gasteiger partial charge in [-0.3, -0.25) is 0 Å². The lowest BCUT2D eigenvalue weighted by atomic mass is 9.86. The molecule has 0 amide bonds. The minimum atomic E-state index is -0.793. The molecule has 2 heteroatoms. The van der Waals surface area contributed by atoms with Gasteiger partial charge in [0, 0.05) is 11.0 Å². The molecular formula is C11H14O2. The first-order chi connectivity index (χ1) is 6.11. The standard InChI is InChI=1S/C11H14O2/c1-8(10(12)13)6-11-4-2-9(7-11)3-5-11/h2,4,6,9H,3,5,7H2,1H3,(H,12,13). The van der Waals surface area contributed by atoms with E-state index in [1.165, 1.54) is 6.42 Å². The smallest absolute Gasteiger partial charge is 0.330 e. The van der Waals surface area contributed by atoms with Gasteiger partial charge >= 0.3 is 5.97 Å². The van der Waals surface area contributed by atoms with Gasteiger partial charge in [0.1, 0.15) is 0 Å². The topological polar surface area (TPSA) is 37.3 Å². The number of carboxylic acid groups (broad SMARTS) is 1. The number of hydrogen-bond acceptors (Lipinski definition) is 1. The summed E-state index contributed by atoms with van der Waals surface area (Å²) >= 11 is 0. The minimum absolute atomic E-state index is 0.0904. The van der Waals surface area contributed by atoms with Crippen LogP contribution in [0.2, 0.25) is 0 Å². The first-order valence-electron chi connectivity index (χ1n) is 4.73. The highest BCUT2D eigenvalue weighted by molar-refractivity contribution is 5.86. The van der Waals surface area contributed by atoms with E-state index in [2.05, 4.69) is 12.2 Å². The number of hydrogen-bond donors (Lipinski definition) is 1. The molecule has 13 heavy (non-hydrogen) atoms. The average Bonchev–Trinajstić information content (AvgIpc) is 2.62. The zero-order valence-corrected chi connectivity index (χ0v) is 7.79. The van der Waals surface area contributed by atoms with E-state index in [0.29, 0.717) is 11.5 Å². The highest BCUT2D eigenvalue weighted by atomic mass is 16.4. The number of carbonyl (C=O) groups is 1. The van der Waals surface area contributed by atoms with Crippen LogP contribution in [0.15, 0.2) is 23.8 Å². The van der Waals surface area contributed by atoms with Crippen molar-refractivity contribution in [2.75, 3.05) is 0 Å². The summed E-state index contributed by atoms with van der Waals surface area (Å²) in [5, 5.41) is 8.77. The Morgan fingerprint density at radius 2 is 2.46 bits per heavy atom. The first-order valence-corrected chi connectivity index (χ1v) is 4.73. The van der Waals surface area contributed by atoms with Crippen LogP contribution in [0.5, 0.6) is 0 Å². The molecule has 2 rings (SSSR count). The Bertz CT molecular complexity index is 301. The molecule has 2 bridgehead atoms. The van der Waals surface area contributed by atoms with E-state index in [4.69, 9.17) is 5.11 Å². The summed E-state index contributed by atoms with van der Waals surface area (Å²) in [6.45, 7) is 1.68. The van der Waals surface area contributed by atoms with Gasteiger partial charge in [-0.05, 0) is 32.1 Å². The monoisotopic (exact) mass is 178 g/mol. The third-order valence-electron chi connectivity index (χ3n) is 3.16. The van der Waals surface area contributed by atoms with Crippen molar-refractivity contribution in [3.05, 3.63) is 23.8 Å². The van der Waals surface area contributed by atoms with Gasteiger partial charge < -0.3 is 5.11 Å². The van der Waals surface area contributed by atoms with Crippen LogP contribution in [-0.4, -0.2) is 11.1 Å². The predicted molar refractivity (Wildman–Crippen MR) is 50.3 cm³/mol. The van der Waals surface area contributed by atoms with Crippen LogP contribution in [0, 0.1) is 11.3 Å². The summed E-state index contributed by atoms with van der Waals surface area (Å²) in [4.78, 5) is 10.7. The largest absolute Gasteiger partial charge is 0.478 e. The van der Waals surface area contributed by atoms with Crippen LogP contribution in [0.1, 0.15) is 26.2 Å². The van der Waals surface area contributed by atoms with Crippen LogP contribution in [0.4, 0.5) is 0 Å². The SMILES string of the molecule is CC(=CC12C=CC(CC1)C2)C(=O)O. The van der Waals surface area contributed by atoms with E-state index < -0.39 is 5.97 Å². The fourth-order valence-corrected chi connectivity index (χ4v) is 2.46. The molecule has 1 N–H and O–H groups in total. The van der Waals surface area contributed by atoms with E-state index in [-0.39, 0.29) is 5.41 Å². The van der Waals surface area contributed by atoms with Crippen LogP contribution in [0.3, 0.4) is 0 Å². The Morgan fingerprint density at radius 1 is 1.69 bits per heavy atom. The van der Waals surface area contributed by atoms with Gasteiger partial charge in [-0.1, -0.05) is 18.2 Å². The fraction of sp³-hybridized carbons (Fsp3) is 0.545. The van der Waals surface area contributed by atoms with Crippen molar-refractivity contribution in [3.8, 4) is 0 Å². The molecule has 0 radical (unpaired) electrons. The van der Waals surface area contributed by atoms with Gasteiger partial charge in [0.05, 0.1) is 0 Å². The molecule has 0 saturated heterocycles. The van der Waals surface area contributed by atoms with Crippen LogP contribution < -0.4 is 0 Å².